The molecule has 0 radical (unpaired) electrons. The summed E-state index contributed by atoms with van der Waals surface area (Å²) in [6, 6.07) is 10.1. The summed E-state index contributed by atoms with van der Waals surface area (Å²) in [5.41, 5.74) is 0.992. The molecule has 5 rings (SSSR count). The molecule has 1 saturated heterocycles. The summed E-state index contributed by atoms with van der Waals surface area (Å²) in [4.78, 5) is 7.03. The smallest absolute Gasteiger partial charge is 0.250 e. The van der Waals surface area contributed by atoms with Crippen molar-refractivity contribution in [1.82, 2.24) is 29.8 Å². The molecule has 7 nitrogen and oxygen atoms in total. The molecule has 0 spiro atoms. The molecule has 3 heterocycles. The van der Waals surface area contributed by atoms with Gasteiger partial charge in [0.1, 0.15) is 5.82 Å². The van der Waals surface area contributed by atoms with Crippen LogP contribution in [0, 0.1) is 5.92 Å². The van der Waals surface area contributed by atoms with Crippen molar-refractivity contribution in [3.05, 3.63) is 48.5 Å². The topological polar surface area (TPSA) is 64.7 Å². The quantitative estimate of drug-likeness (QED) is 0.697. The van der Waals surface area contributed by atoms with Crippen molar-refractivity contribution in [3.8, 4) is 5.69 Å². The second kappa shape index (κ2) is 7.13. The summed E-state index contributed by atoms with van der Waals surface area (Å²) in [7, 11) is 0. The molecule has 1 saturated carbocycles. The van der Waals surface area contributed by atoms with Crippen LogP contribution in [0.3, 0.4) is 0 Å². The fourth-order valence-electron chi connectivity index (χ4n) is 4.27. The first-order chi connectivity index (χ1) is 13.4. The van der Waals surface area contributed by atoms with Gasteiger partial charge in [-0.25, -0.2) is 4.98 Å². The van der Waals surface area contributed by atoms with Gasteiger partial charge in [0, 0.05) is 37.9 Å². The minimum absolute atomic E-state index is 0.426. The largest absolute Gasteiger partial charge is 0.339 e. The van der Waals surface area contributed by atoms with E-state index < -0.39 is 0 Å². The van der Waals surface area contributed by atoms with E-state index in [0.717, 1.165) is 43.6 Å². The maximum atomic E-state index is 4.73. The standard InChI is InChI=1S/C20H25N7/c1-2-9-18(10-3-1)27-20(22-23-24-27)26-12-5-8-17(15-26)19-21-11-13-25(19)14-16-6-4-7-16/h1-3,9-11,13,16-17H,4-8,12,14-15H2/t17-/m1/s1. The van der Waals surface area contributed by atoms with Crippen LogP contribution in [0.4, 0.5) is 5.95 Å². The number of rotatable bonds is 5. The molecule has 0 N–H and O–H groups in total. The Morgan fingerprint density at radius 3 is 2.74 bits per heavy atom. The molecule has 140 valence electrons. The van der Waals surface area contributed by atoms with Gasteiger partial charge in [-0.15, -0.1) is 0 Å². The Bertz CT molecular complexity index is 881. The van der Waals surface area contributed by atoms with Gasteiger partial charge >= 0.3 is 0 Å². The summed E-state index contributed by atoms with van der Waals surface area (Å²) in [6.07, 6.45) is 10.5. The average molecular weight is 363 g/mol. The third-order valence-electron chi connectivity index (χ3n) is 5.95. The molecule has 27 heavy (non-hydrogen) atoms. The fourth-order valence-corrected chi connectivity index (χ4v) is 4.27. The monoisotopic (exact) mass is 363 g/mol. The Labute approximate surface area is 159 Å². The number of hydrogen-bond donors (Lipinski definition) is 0. The highest BCUT2D eigenvalue weighted by Crippen LogP contribution is 2.32. The molecule has 2 aliphatic rings. The zero-order valence-electron chi connectivity index (χ0n) is 15.5. The van der Waals surface area contributed by atoms with Crippen molar-refractivity contribution >= 4 is 5.95 Å². The first-order valence-electron chi connectivity index (χ1n) is 9.98. The van der Waals surface area contributed by atoms with E-state index in [1.807, 2.05) is 41.2 Å². The molecule has 7 heteroatoms. The number of para-hydroxylation sites is 1. The number of imidazole rings is 1. The molecule has 2 fully saturated rings. The number of hydrogen-bond acceptors (Lipinski definition) is 5. The number of aromatic nitrogens is 6. The van der Waals surface area contributed by atoms with Gasteiger partial charge in [0.05, 0.1) is 5.69 Å². The third-order valence-corrected chi connectivity index (χ3v) is 5.95. The molecule has 2 aromatic heterocycles. The van der Waals surface area contributed by atoms with Crippen LogP contribution in [0.5, 0.6) is 0 Å². The normalized spacial score (nSPS) is 20.6. The second-order valence-electron chi connectivity index (χ2n) is 7.75. The Balaban J connectivity index is 1.37. The van der Waals surface area contributed by atoms with E-state index in [-0.39, 0.29) is 0 Å². The summed E-state index contributed by atoms with van der Waals surface area (Å²) in [5.74, 6) is 3.31. The van der Waals surface area contributed by atoms with Crippen LogP contribution in [0.1, 0.15) is 43.8 Å². The van der Waals surface area contributed by atoms with E-state index in [1.54, 1.807) is 0 Å². The van der Waals surface area contributed by atoms with Crippen molar-refractivity contribution in [2.75, 3.05) is 18.0 Å². The lowest BCUT2D eigenvalue weighted by Gasteiger charge is -2.33. The highest BCUT2D eigenvalue weighted by Gasteiger charge is 2.29. The Morgan fingerprint density at radius 1 is 1.04 bits per heavy atom. The van der Waals surface area contributed by atoms with Crippen LogP contribution in [-0.2, 0) is 6.54 Å². The lowest BCUT2D eigenvalue weighted by molar-refractivity contribution is 0.270. The van der Waals surface area contributed by atoms with Crippen LogP contribution in [0.25, 0.3) is 5.69 Å². The minimum Gasteiger partial charge on any atom is -0.339 e. The summed E-state index contributed by atoms with van der Waals surface area (Å²) in [6.45, 7) is 3.01. The molecular formula is C20H25N7. The fraction of sp³-hybridized carbons (Fsp3) is 0.500. The second-order valence-corrected chi connectivity index (χ2v) is 7.75. The van der Waals surface area contributed by atoms with Gasteiger partial charge in [-0.2, -0.15) is 4.68 Å². The van der Waals surface area contributed by atoms with Crippen LogP contribution >= 0.6 is 0 Å². The zero-order valence-corrected chi connectivity index (χ0v) is 15.5. The maximum Gasteiger partial charge on any atom is 0.250 e. The van der Waals surface area contributed by atoms with Crippen LogP contribution < -0.4 is 4.90 Å². The van der Waals surface area contributed by atoms with Gasteiger partial charge < -0.3 is 9.47 Å². The molecule has 0 bridgehead atoms. The number of tetrazole rings is 1. The van der Waals surface area contributed by atoms with E-state index in [9.17, 15) is 0 Å². The van der Waals surface area contributed by atoms with Crippen molar-refractivity contribution in [2.24, 2.45) is 5.92 Å². The number of benzene rings is 1. The highest BCUT2D eigenvalue weighted by atomic mass is 15.6. The number of nitrogens with zero attached hydrogens (tertiary/aromatic N) is 7. The molecule has 1 atom stereocenters. The van der Waals surface area contributed by atoms with Gasteiger partial charge in [0.2, 0.25) is 5.95 Å². The highest BCUT2D eigenvalue weighted by molar-refractivity contribution is 5.41. The van der Waals surface area contributed by atoms with Gasteiger partial charge in [0.25, 0.3) is 0 Å². The van der Waals surface area contributed by atoms with Crippen LogP contribution in [0.15, 0.2) is 42.7 Å². The molecule has 0 unspecified atom stereocenters. The lowest BCUT2D eigenvalue weighted by atomic mass is 9.85. The number of piperidine rings is 1. The first kappa shape index (κ1) is 16.5. The predicted octanol–water partition coefficient (Wildman–Crippen LogP) is 3.04. The predicted molar refractivity (Wildman–Crippen MR) is 103 cm³/mol. The van der Waals surface area contributed by atoms with Gasteiger partial charge in [0.15, 0.2) is 0 Å². The van der Waals surface area contributed by atoms with Crippen LogP contribution in [0.2, 0.25) is 0 Å². The van der Waals surface area contributed by atoms with E-state index in [1.165, 1.54) is 31.5 Å². The summed E-state index contributed by atoms with van der Waals surface area (Å²) >= 11 is 0. The molecule has 0 amide bonds. The third kappa shape index (κ3) is 3.22. The Morgan fingerprint density at radius 2 is 1.93 bits per heavy atom. The van der Waals surface area contributed by atoms with Gasteiger partial charge in [-0.05, 0) is 54.2 Å². The SMILES string of the molecule is c1ccc(-n2nnnc2N2CCC[C@@H](c3nccn3CC3CCC3)C2)cc1. The molecule has 3 aromatic rings. The summed E-state index contributed by atoms with van der Waals surface area (Å²) < 4.78 is 4.22. The lowest BCUT2D eigenvalue weighted by Crippen LogP contribution is -2.37. The van der Waals surface area contributed by atoms with Gasteiger partial charge in [-0.1, -0.05) is 29.7 Å². The van der Waals surface area contributed by atoms with E-state index >= 15 is 0 Å². The average Bonchev–Trinajstić information content (AvgIpc) is 3.35. The Kier molecular flexibility index (Phi) is 4.35. The van der Waals surface area contributed by atoms with Crippen LogP contribution in [-0.4, -0.2) is 42.8 Å². The molecule has 1 aliphatic heterocycles. The number of anilines is 1. The van der Waals surface area contributed by atoms with E-state index in [0.29, 0.717) is 5.92 Å². The minimum atomic E-state index is 0.426. The molecule has 1 aliphatic carbocycles. The van der Waals surface area contributed by atoms with Gasteiger partial charge in [-0.3, -0.25) is 0 Å². The van der Waals surface area contributed by atoms with Crippen molar-refractivity contribution in [1.29, 1.82) is 0 Å². The Hall–Kier alpha value is -2.70. The van der Waals surface area contributed by atoms with Crippen molar-refractivity contribution in [3.63, 3.8) is 0 Å². The maximum absolute atomic E-state index is 4.73. The molecule has 1 aromatic carbocycles. The van der Waals surface area contributed by atoms with Crippen molar-refractivity contribution in [2.45, 2.75) is 44.6 Å². The van der Waals surface area contributed by atoms with E-state index in [4.69, 9.17) is 4.98 Å². The van der Waals surface area contributed by atoms with Crippen molar-refractivity contribution < 1.29 is 0 Å². The molecular weight excluding hydrogens is 338 g/mol. The zero-order chi connectivity index (χ0) is 18.1. The summed E-state index contributed by atoms with van der Waals surface area (Å²) in [5, 5.41) is 12.5. The first-order valence-corrected chi connectivity index (χ1v) is 9.98. The van der Waals surface area contributed by atoms with E-state index in [2.05, 4.69) is 31.2 Å².